The zero-order chi connectivity index (χ0) is 24.6. The maximum Gasteiger partial charge on any atom is 2.00 e. The molecule has 0 saturated heterocycles. The van der Waals surface area contributed by atoms with Gasteiger partial charge >= 0.3 is 21.1 Å². The SMILES string of the molecule is [C-]#[N+]c1c(F)c[c-]c(-c2cccc(C(C)(C)c3[c-]c(-n4cccn4)c(F)c(C#N)c3F)n2)c1F.[Pt+2]. The van der Waals surface area contributed by atoms with Crippen LogP contribution in [0.15, 0.2) is 42.7 Å². The van der Waals surface area contributed by atoms with Gasteiger partial charge in [0, 0.05) is 46.5 Å². The van der Waals surface area contributed by atoms with Crippen LogP contribution in [0.3, 0.4) is 0 Å². The van der Waals surface area contributed by atoms with E-state index in [1.807, 2.05) is 0 Å². The van der Waals surface area contributed by atoms with Crippen LogP contribution < -0.4 is 0 Å². The van der Waals surface area contributed by atoms with Crippen LogP contribution in [0.1, 0.15) is 30.7 Å². The molecule has 0 spiro atoms. The van der Waals surface area contributed by atoms with Crippen LogP contribution in [0, 0.1) is 53.3 Å². The molecule has 0 bridgehead atoms. The van der Waals surface area contributed by atoms with Crippen LogP contribution in [0.2, 0.25) is 0 Å². The van der Waals surface area contributed by atoms with Crippen molar-refractivity contribution in [3.05, 3.63) is 106 Å². The Hall–Kier alpha value is -3.81. The summed E-state index contributed by atoms with van der Waals surface area (Å²) in [6.45, 7) is 10.2. The van der Waals surface area contributed by atoms with Crippen molar-refractivity contribution in [2.45, 2.75) is 19.3 Å². The van der Waals surface area contributed by atoms with Gasteiger partial charge in [0.2, 0.25) is 0 Å². The van der Waals surface area contributed by atoms with Crippen molar-refractivity contribution in [3.8, 4) is 23.0 Å². The van der Waals surface area contributed by atoms with Crippen molar-refractivity contribution in [1.82, 2.24) is 14.8 Å². The van der Waals surface area contributed by atoms with Gasteiger partial charge in [0.15, 0.2) is 5.69 Å². The fraction of sp³-hybridized carbons (Fsp3) is 0.120. The molecule has 5 nitrogen and oxygen atoms in total. The third-order valence-corrected chi connectivity index (χ3v) is 5.33. The Balaban J connectivity index is 0.00000342. The van der Waals surface area contributed by atoms with Gasteiger partial charge in [-0.3, -0.25) is 27.1 Å². The summed E-state index contributed by atoms with van der Waals surface area (Å²) in [7, 11) is 0. The maximum absolute atomic E-state index is 15.3. The molecule has 2 aromatic heterocycles. The van der Waals surface area contributed by atoms with Crippen molar-refractivity contribution >= 4 is 5.69 Å². The monoisotopic (exact) mass is 654 g/mol. The molecule has 0 amide bonds. The van der Waals surface area contributed by atoms with Crippen molar-refractivity contribution < 1.29 is 38.6 Å². The second-order valence-electron chi connectivity index (χ2n) is 7.73. The van der Waals surface area contributed by atoms with E-state index in [0.29, 0.717) is 0 Å². The summed E-state index contributed by atoms with van der Waals surface area (Å²) >= 11 is 0. The molecule has 10 heteroatoms. The number of rotatable bonds is 4. The minimum Gasteiger partial charge on any atom is -0.300 e. The Labute approximate surface area is 212 Å². The van der Waals surface area contributed by atoms with Gasteiger partial charge in [-0.05, 0) is 23.5 Å². The molecule has 0 aliphatic carbocycles. The Bertz CT molecular complexity index is 1500. The van der Waals surface area contributed by atoms with E-state index in [2.05, 4.69) is 27.1 Å². The van der Waals surface area contributed by atoms with E-state index in [1.165, 1.54) is 36.7 Å². The summed E-state index contributed by atoms with van der Waals surface area (Å²) in [5.74, 6) is -4.39. The Morgan fingerprint density at radius 3 is 2.49 bits per heavy atom. The summed E-state index contributed by atoms with van der Waals surface area (Å²) < 4.78 is 59.7. The van der Waals surface area contributed by atoms with Gasteiger partial charge < -0.3 is 4.98 Å². The van der Waals surface area contributed by atoms with E-state index < -0.39 is 39.9 Å². The molecular formula is C25H13F4N5Pt. The topological polar surface area (TPSA) is 58.9 Å². The molecule has 2 aromatic carbocycles. The normalized spacial score (nSPS) is 10.9. The number of nitrogens with zero attached hydrogens (tertiary/aromatic N) is 5. The van der Waals surface area contributed by atoms with Crippen LogP contribution in [-0.4, -0.2) is 14.8 Å². The van der Waals surface area contributed by atoms with Crippen LogP contribution in [0.5, 0.6) is 0 Å². The first-order valence-corrected chi connectivity index (χ1v) is 9.80. The fourth-order valence-electron chi connectivity index (χ4n) is 3.49. The summed E-state index contributed by atoms with van der Waals surface area (Å²) in [6, 6.07) is 13.5. The van der Waals surface area contributed by atoms with Gasteiger partial charge in [-0.15, -0.1) is 29.3 Å². The Morgan fingerprint density at radius 2 is 1.86 bits per heavy atom. The fourth-order valence-corrected chi connectivity index (χ4v) is 3.49. The summed E-state index contributed by atoms with van der Waals surface area (Å²) in [6.07, 6.45) is 2.81. The van der Waals surface area contributed by atoms with Crippen molar-refractivity contribution in [3.63, 3.8) is 0 Å². The first-order valence-electron chi connectivity index (χ1n) is 9.80. The van der Waals surface area contributed by atoms with Crippen molar-refractivity contribution in [2.75, 3.05) is 0 Å². The second kappa shape index (κ2) is 9.82. The Morgan fingerprint density at radius 1 is 1.11 bits per heavy atom. The third kappa shape index (κ3) is 4.36. The summed E-state index contributed by atoms with van der Waals surface area (Å²) in [4.78, 5) is 7.26. The smallest absolute Gasteiger partial charge is 0.300 e. The standard InChI is InChI=1S/C25H13F4N5.Pt/c1-25(2,16-12-19(34-11-5-10-32-34)22(28)15(13-30)21(16)27)20-7-4-6-18(33-20)14-8-9-17(26)24(31-3)23(14)29;/h4-7,9-11H,1-2H3;/q-2;+2. The van der Waals surface area contributed by atoms with E-state index in [4.69, 9.17) is 6.57 Å². The van der Waals surface area contributed by atoms with E-state index in [1.54, 1.807) is 19.9 Å². The molecule has 0 unspecified atom stereocenters. The van der Waals surface area contributed by atoms with Crippen LogP contribution in [-0.2, 0) is 26.5 Å². The minimum atomic E-state index is -1.28. The molecule has 0 fully saturated rings. The molecule has 0 aliphatic heterocycles. The van der Waals surface area contributed by atoms with E-state index in [9.17, 15) is 18.4 Å². The van der Waals surface area contributed by atoms with Gasteiger partial charge in [0.25, 0.3) is 0 Å². The summed E-state index contributed by atoms with van der Waals surface area (Å²) in [5, 5.41) is 13.3. The van der Waals surface area contributed by atoms with Gasteiger partial charge in [-0.2, -0.15) is 10.4 Å². The van der Waals surface area contributed by atoms with Crippen molar-refractivity contribution in [2.24, 2.45) is 0 Å². The molecule has 4 rings (SSSR count). The molecule has 0 aliphatic rings. The van der Waals surface area contributed by atoms with Gasteiger partial charge in [-0.25, -0.2) is 0 Å². The van der Waals surface area contributed by atoms with Crippen LogP contribution >= 0.6 is 0 Å². The van der Waals surface area contributed by atoms with Crippen LogP contribution in [0.25, 0.3) is 21.8 Å². The van der Waals surface area contributed by atoms with Gasteiger partial charge in [-0.1, -0.05) is 26.0 Å². The molecule has 4 aromatic rings. The molecule has 0 atom stereocenters. The van der Waals surface area contributed by atoms with E-state index in [0.717, 1.165) is 10.7 Å². The molecule has 0 radical (unpaired) electrons. The average Bonchev–Trinajstić information content (AvgIpc) is 3.34. The third-order valence-electron chi connectivity index (χ3n) is 5.33. The van der Waals surface area contributed by atoms with Crippen molar-refractivity contribution in [1.29, 1.82) is 5.26 Å². The zero-order valence-electron chi connectivity index (χ0n) is 18.1. The molecule has 2 heterocycles. The number of benzene rings is 2. The number of hydrogen-bond acceptors (Lipinski definition) is 3. The van der Waals surface area contributed by atoms with E-state index in [-0.39, 0.29) is 49.3 Å². The largest absolute Gasteiger partial charge is 2.00 e. The maximum atomic E-state index is 15.3. The first-order chi connectivity index (χ1) is 16.2. The van der Waals surface area contributed by atoms with Gasteiger partial charge in [0.05, 0.1) is 18.5 Å². The first kappa shape index (κ1) is 25.8. The molecular weight excluding hydrogens is 641 g/mol. The van der Waals surface area contributed by atoms with E-state index >= 15 is 4.39 Å². The number of nitriles is 1. The Kier molecular flexibility index (Phi) is 7.24. The van der Waals surface area contributed by atoms with Crippen LogP contribution in [0.4, 0.5) is 23.2 Å². The predicted octanol–water partition coefficient (Wildman–Crippen LogP) is 5.84. The second-order valence-corrected chi connectivity index (χ2v) is 7.73. The number of pyridine rings is 1. The molecule has 176 valence electrons. The number of aromatic nitrogens is 3. The quantitative estimate of drug-likeness (QED) is 0.206. The van der Waals surface area contributed by atoms with Gasteiger partial charge in [0.1, 0.15) is 0 Å². The number of hydrogen-bond donors (Lipinski definition) is 0. The summed E-state index contributed by atoms with van der Waals surface area (Å²) in [5.41, 5.74) is -3.26. The zero-order valence-corrected chi connectivity index (χ0v) is 20.4. The molecule has 0 N–H and O–H groups in total. The average molecular weight is 654 g/mol. The number of halogens is 4. The molecule has 0 saturated carbocycles. The minimum absolute atomic E-state index is 0. The molecule has 35 heavy (non-hydrogen) atoms. The predicted molar refractivity (Wildman–Crippen MR) is 114 cm³/mol.